The summed E-state index contributed by atoms with van der Waals surface area (Å²) in [6, 6.07) is 6.64. The van der Waals surface area contributed by atoms with Gasteiger partial charge in [-0.3, -0.25) is 14.5 Å². The van der Waals surface area contributed by atoms with E-state index in [0.29, 0.717) is 16.8 Å². The minimum absolute atomic E-state index is 0.00455. The van der Waals surface area contributed by atoms with Crippen LogP contribution in [0.4, 0.5) is 5.69 Å². The number of esters is 1. The summed E-state index contributed by atoms with van der Waals surface area (Å²) in [6.45, 7) is 0. The van der Waals surface area contributed by atoms with Crippen molar-refractivity contribution in [2.75, 3.05) is 12.8 Å². The average Bonchev–Trinajstić information content (AvgIpc) is 3.21. The standard InChI is InChI=1S/C21H20N4O4/c1-29-21(28)18-17(23)12(10-22)11-24(18)14-7-8-15-16(9-14)20(27)25(19(15)26)13-5-3-2-4-6-13/h7-9,11,13H,2-6,23H2,1H3. The summed E-state index contributed by atoms with van der Waals surface area (Å²) in [6.07, 6.45) is 6.20. The fraction of sp³-hybridized carbons (Fsp3) is 0.333. The van der Waals surface area contributed by atoms with Crippen LogP contribution in [-0.4, -0.2) is 40.4 Å². The van der Waals surface area contributed by atoms with Crippen molar-refractivity contribution < 1.29 is 19.1 Å². The number of carbonyl (C=O) groups excluding carboxylic acids is 3. The number of hydrogen-bond acceptors (Lipinski definition) is 6. The molecule has 148 valence electrons. The van der Waals surface area contributed by atoms with Gasteiger partial charge in [-0.2, -0.15) is 5.26 Å². The van der Waals surface area contributed by atoms with Crippen molar-refractivity contribution in [2.45, 2.75) is 38.1 Å². The lowest BCUT2D eigenvalue weighted by Gasteiger charge is -2.29. The molecule has 1 fully saturated rings. The van der Waals surface area contributed by atoms with Crippen molar-refractivity contribution in [2.24, 2.45) is 0 Å². The van der Waals surface area contributed by atoms with Gasteiger partial charge < -0.3 is 15.0 Å². The number of carbonyl (C=O) groups is 3. The highest BCUT2D eigenvalue weighted by Gasteiger charge is 2.40. The molecule has 8 nitrogen and oxygen atoms in total. The van der Waals surface area contributed by atoms with E-state index in [2.05, 4.69) is 0 Å². The molecule has 1 aromatic carbocycles. The Morgan fingerprint density at radius 2 is 1.86 bits per heavy atom. The third-order valence-electron chi connectivity index (χ3n) is 5.66. The van der Waals surface area contributed by atoms with Gasteiger partial charge in [0.05, 0.1) is 29.5 Å². The number of anilines is 1. The maximum atomic E-state index is 13.0. The zero-order valence-corrected chi connectivity index (χ0v) is 16.0. The van der Waals surface area contributed by atoms with Crippen LogP contribution < -0.4 is 5.73 Å². The molecule has 1 aromatic heterocycles. The number of rotatable bonds is 3. The zero-order chi connectivity index (χ0) is 20.7. The predicted octanol–water partition coefficient (Wildman–Crippen LogP) is 2.65. The molecule has 4 rings (SSSR count). The third kappa shape index (κ3) is 2.86. The third-order valence-corrected chi connectivity index (χ3v) is 5.66. The molecule has 0 bridgehead atoms. The minimum atomic E-state index is -0.698. The van der Waals surface area contributed by atoms with Crippen LogP contribution in [0.5, 0.6) is 0 Å². The highest BCUT2D eigenvalue weighted by Crippen LogP contribution is 2.33. The van der Waals surface area contributed by atoms with Gasteiger partial charge in [-0.25, -0.2) is 4.79 Å². The Morgan fingerprint density at radius 1 is 1.17 bits per heavy atom. The van der Waals surface area contributed by atoms with E-state index in [-0.39, 0.29) is 34.8 Å². The molecule has 1 saturated carbocycles. The number of nitrogen functional groups attached to an aromatic ring is 1. The fourth-order valence-electron chi connectivity index (χ4n) is 4.19. The second-order valence-corrected chi connectivity index (χ2v) is 7.28. The molecule has 2 heterocycles. The van der Waals surface area contributed by atoms with Crippen molar-refractivity contribution in [3.63, 3.8) is 0 Å². The second kappa shape index (κ2) is 7.09. The molecule has 2 N–H and O–H groups in total. The van der Waals surface area contributed by atoms with Crippen LogP contribution in [0, 0.1) is 11.3 Å². The number of hydrogen-bond donors (Lipinski definition) is 1. The topological polar surface area (TPSA) is 118 Å². The van der Waals surface area contributed by atoms with Crippen LogP contribution in [0.1, 0.15) is 68.9 Å². The van der Waals surface area contributed by atoms with Gasteiger partial charge in [-0.05, 0) is 31.0 Å². The summed E-state index contributed by atoms with van der Waals surface area (Å²) in [4.78, 5) is 39.4. The molecule has 0 unspecified atom stereocenters. The number of imide groups is 1. The maximum absolute atomic E-state index is 13.0. The Hall–Kier alpha value is -3.60. The number of nitrogens with zero attached hydrogens (tertiary/aromatic N) is 3. The van der Waals surface area contributed by atoms with E-state index in [1.807, 2.05) is 6.07 Å². The number of nitriles is 1. The van der Waals surface area contributed by atoms with Gasteiger partial charge in [0.1, 0.15) is 6.07 Å². The SMILES string of the molecule is COC(=O)c1c(N)c(C#N)cn1-c1ccc2c(c1)C(=O)N(C1CCCCC1)C2=O. The molecule has 0 saturated heterocycles. The molecular formula is C21H20N4O4. The van der Waals surface area contributed by atoms with Gasteiger partial charge in [0.25, 0.3) is 11.8 Å². The quantitative estimate of drug-likeness (QED) is 0.634. The van der Waals surface area contributed by atoms with E-state index in [9.17, 15) is 19.6 Å². The molecule has 2 aromatic rings. The maximum Gasteiger partial charge on any atom is 0.357 e. The first-order valence-electron chi connectivity index (χ1n) is 9.49. The van der Waals surface area contributed by atoms with Gasteiger partial charge in [0, 0.05) is 17.9 Å². The normalized spacial score (nSPS) is 16.6. The van der Waals surface area contributed by atoms with E-state index in [4.69, 9.17) is 10.5 Å². The molecule has 0 radical (unpaired) electrons. The number of ether oxygens (including phenoxy) is 1. The van der Waals surface area contributed by atoms with Crippen molar-refractivity contribution in [1.29, 1.82) is 5.26 Å². The summed E-state index contributed by atoms with van der Waals surface area (Å²) < 4.78 is 6.20. The van der Waals surface area contributed by atoms with Crippen LogP contribution in [0.2, 0.25) is 0 Å². The second-order valence-electron chi connectivity index (χ2n) is 7.28. The first kappa shape index (κ1) is 18.7. The highest BCUT2D eigenvalue weighted by molar-refractivity contribution is 6.21. The van der Waals surface area contributed by atoms with Crippen molar-refractivity contribution in [3.05, 3.63) is 46.8 Å². The Bertz CT molecular complexity index is 1070. The van der Waals surface area contributed by atoms with Crippen LogP contribution in [0.3, 0.4) is 0 Å². The van der Waals surface area contributed by atoms with Crippen LogP contribution in [0.25, 0.3) is 5.69 Å². The minimum Gasteiger partial charge on any atom is -0.464 e. The smallest absolute Gasteiger partial charge is 0.357 e. The summed E-state index contributed by atoms with van der Waals surface area (Å²) in [5.41, 5.74) is 7.16. The summed E-state index contributed by atoms with van der Waals surface area (Å²) in [5.74, 6) is -1.30. The average molecular weight is 392 g/mol. The number of benzene rings is 1. The summed E-state index contributed by atoms with van der Waals surface area (Å²) in [5, 5.41) is 9.27. The van der Waals surface area contributed by atoms with Crippen LogP contribution in [-0.2, 0) is 4.74 Å². The molecule has 1 aliphatic heterocycles. The van der Waals surface area contributed by atoms with E-state index in [1.165, 1.54) is 22.8 Å². The number of methoxy groups -OCH3 is 1. The lowest BCUT2D eigenvalue weighted by atomic mass is 9.94. The Labute approximate surface area is 167 Å². The molecule has 2 aliphatic rings. The largest absolute Gasteiger partial charge is 0.464 e. The first-order chi connectivity index (χ1) is 14.0. The van der Waals surface area contributed by atoms with E-state index in [0.717, 1.165) is 32.1 Å². The van der Waals surface area contributed by atoms with Gasteiger partial charge in [0.15, 0.2) is 5.69 Å². The van der Waals surface area contributed by atoms with E-state index < -0.39 is 5.97 Å². The number of aromatic nitrogens is 1. The van der Waals surface area contributed by atoms with Crippen molar-refractivity contribution in [1.82, 2.24) is 9.47 Å². The monoisotopic (exact) mass is 392 g/mol. The van der Waals surface area contributed by atoms with E-state index in [1.54, 1.807) is 18.2 Å². The number of nitrogens with two attached hydrogens (primary N) is 1. The predicted molar refractivity (Wildman–Crippen MR) is 104 cm³/mol. The van der Waals surface area contributed by atoms with E-state index >= 15 is 0 Å². The lowest BCUT2D eigenvalue weighted by Crippen LogP contribution is -2.40. The number of amides is 2. The Kier molecular flexibility index (Phi) is 4.59. The van der Waals surface area contributed by atoms with Gasteiger partial charge in [-0.1, -0.05) is 19.3 Å². The molecule has 29 heavy (non-hydrogen) atoms. The van der Waals surface area contributed by atoms with Gasteiger partial charge >= 0.3 is 5.97 Å². The van der Waals surface area contributed by atoms with Crippen molar-refractivity contribution in [3.8, 4) is 11.8 Å². The molecule has 0 spiro atoms. The van der Waals surface area contributed by atoms with Crippen molar-refractivity contribution >= 4 is 23.5 Å². The highest BCUT2D eigenvalue weighted by atomic mass is 16.5. The molecule has 2 amide bonds. The zero-order valence-electron chi connectivity index (χ0n) is 16.0. The van der Waals surface area contributed by atoms with Gasteiger partial charge in [-0.15, -0.1) is 0 Å². The molecule has 8 heteroatoms. The lowest BCUT2D eigenvalue weighted by molar-refractivity contribution is 0.0546. The van der Waals surface area contributed by atoms with Crippen LogP contribution in [0.15, 0.2) is 24.4 Å². The summed E-state index contributed by atoms with van der Waals surface area (Å²) in [7, 11) is 1.22. The summed E-state index contributed by atoms with van der Waals surface area (Å²) >= 11 is 0. The van der Waals surface area contributed by atoms with Crippen LogP contribution >= 0.6 is 0 Å². The molecule has 1 aliphatic carbocycles. The first-order valence-corrected chi connectivity index (χ1v) is 9.49. The Morgan fingerprint density at radius 3 is 2.52 bits per heavy atom. The fourth-order valence-corrected chi connectivity index (χ4v) is 4.19. The molecular weight excluding hydrogens is 372 g/mol. The molecule has 0 atom stereocenters. The van der Waals surface area contributed by atoms with Gasteiger partial charge in [0.2, 0.25) is 0 Å². The Balaban J connectivity index is 1.78. The number of fused-ring (bicyclic) bond motifs is 1.